The van der Waals surface area contributed by atoms with E-state index in [4.69, 9.17) is 11.6 Å². The largest absolute Gasteiger partial charge is 0.320 e. The van der Waals surface area contributed by atoms with Gasteiger partial charge >= 0.3 is 0 Å². The number of hydrogen-bond acceptors (Lipinski definition) is 3. The van der Waals surface area contributed by atoms with Gasteiger partial charge in [0.1, 0.15) is 0 Å². The van der Waals surface area contributed by atoms with Gasteiger partial charge < -0.3 is 5.32 Å². The average molecular weight is 391 g/mol. The van der Waals surface area contributed by atoms with E-state index in [0.29, 0.717) is 16.3 Å². The molecule has 0 atom stereocenters. The van der Waals surface area contributed by atoms with Crippen molar-refractivity contribution in [1.82, 2.24) is 14.8 Å². The second kappa shape index (κ2) is 7.44. The molecule has 1 N–H and O–H groups in total. The molecule has 28 heavy (non-hydrogen) atoms. The lowest BCUT2D eigenvalue weighted by molar-refractivity contribution is 0.102. The third-order valence-corrected chi connectivity index (χ3v) is 4.77. The highest BCUT2D eigenvalue weighted by molar-refractivity contribution is 6.30. The van der Waals surface area contributed by atoms with Gasteiger partial charge in [-0.2, -0.15) is 5.10 Å². The molecular weight excluding hydrogens is 372 g/mol. The summed E-state index contributed by atoms with van der Waals surface area (Å²) in [5.74, 6) is -0.122. The number of carbonyl (C=O) groups excluding carboxylic acids is 1. The van der Waals surface area contributed by atoms with Crippen molar-refractivity contribution in [2.45, 2.75) is 19.8 Å². The number of pyridine rings is 1. The van der Waals surface area contributed by atoms with Crippen LogP contribution in [0.1, 0.15) is 35.8 Å². The Morgan fingerprint density at radius 1 is 1.11 bits per heavy atom. The molecule has 0 aliphatic rings. The number of anilines is 1. The quantitative estimate of drug-likeness (QED) is 0.504. The number of hydrogen-bond donors (Lipinski definition) is 1. The van der Waals surface area contributed by atoms with E-state index in [1.807, 2.05) is 68.4 Å². The molecule has 140 valence electrons. The molecule has 0 bridgehead atoms. The maximum atomic E-state index is 13.1. The summed E-state index contributed by atoms with van der Waals surface area (Å²) in [6, 6.07) is 17.0. The second-order valence-electron chi connectivity index (χ2n) is 6.82. The molecule has 0 unspecified atom stereocenters. The van der Waals surface area contributed by atoms with Gasteiger partial charge in [0.25, 0.3) is 5.91 Å². The van der Waals surface area contributed by atoms with Gasteiger partial charge in [-0.1, -0.05) is 49.7 Å². The lowest BCUT2D eigenvalue weighted by Gasteiger charge is -2.13. The summed E-state index contributed by atoms with van der Waals surface area (Å²) >= 11 is 6.13. The van der Waals surface area contributed by atoms with Crippen LogP contribution in [0.5, 0.6) is 0 Å². The zero-order valence-corrected chi connectivity index (χ0v) is 16.3. The van der Waals surface area contributed by atoms with Gasteiger partial charge in [0.2, 0.25) is 0 Å². The number of nitrogens with zero attached hydrogens (tertiary/aromatic N) is 3. The normalized spacial score (nSPS) is 11.1. The molecule has 0 saturated heterocycles. The van der Waals surface area contributed by atoms with E-state index in [0.717, 1.165) is 22.3 Å². The molecule has 4 aromatic rings. The van der Waals surface area contributed by atoms with E-state index in [1.54, 1.807) is 17.1 Å². The number of amides is 1. The lowest BCUT2D eigenvalue weighted by atomic mass is 10.0. The van der Waals surface area contributed by atoms with Gasteiger partial charge in [-0.05, 0) is 36.2 Å². The first-order chi connectivity index (χ1) is 13.5. The van der Waals surface area contributed by atoms with E-state index < -0.39 is 0 Å². The molecule has 0 spiro atoms. The predicted octanol–water partition coefficient (Wildman–Crippen LogP) is 5.45. The number of carbonyl (C=O) groups is 1. The van der Waals surface area contributed by atoms with Crippen LogP contribution in [0.4, 0.5) is 5.69 Å². The number of rotatable bonds is 4. The highest BCUT2D eigenvalue weighted by Gasteiger charge is 2.21. The molecule has 0 saturated carbocycles. The fourth-order valence-corrected chi connectivity index (χ4v) is 3.48. The Morgan fingerprint density at radius 3 is 2.68 bits per heavy atom. The Bertz CT molecular complexity index is 1160. The average Bonchev–Trinajstić information content (AvgIpc) is 3.14. The Balaban J connectivity index is 1.74. The van der Waals surface area contributed by atoms with Crippen LogP contribution < -0.4 is 5.32 Å². The minimum atomic E-state index is -0.213. The molecular formula is C22H19ClN4O. The minimum Gasteiger partial charge on any atom is -0.320 e. The van der Waals surface area contributed by atoms with Crippen molar-refractivity contribution in [2.75, 3.05) is 5.32 Å². The van der Waals surface area contributed by atoms with Crippen molar-refractivity contribution < 1.29 is 4.79 Å². The number of nitrogens with one attached hydrogen (secondary N) is 1. The summed E-state index contributed by atoms with van der Waals surface area (Å²) in [6.07, 6.45) is 3.32. The van der Waals surface area contributed by atoms with E-state index in [-0.39, 0.29) is 11.8 Å². The van der Waals surface area contributed by atoms with Crippen LogP contribution in [-0.4, -0.2) is 20.7 Å². The standard InChI is InChI=1S/C22H19ClN4O/c1-14(2)21-18(13-25-27(21)17-9-4-8-16(23)12-17)22(28)26-19-10-3-6-15-7-5-11-24-20(15)19/h3-14H,1-2H3,(H,26,28). The van der Waals surface area contributed by atoms with Gasteiger partial charge in [-0.15, -0.1) is 0 Å². The van der Waals surface area contributed by atoms with Crippen LogP contribution in [0.2, 0.25) is 5.02 Å². The van der Waals surface area contributed by atoms with Gasteiger partial charge in [-0.25, -0.2) is 4.68 Å². The van der Waals surface area contributed by atoms with Gasteiger partial charge in [0.15, 0.2) is 0 Å². The maximum Gasteiger partial charge on any atom is 0.259 e. The van der Waals surface area contributed by atoms with Crippen molar-refractivity contribution in [3.8, 4) is 5.69 Å². The second-order valence-corrected chi connectivity index (χ2v) is 7.26. The predicted molar refractivity (Wildman–Crippen MR) is 112 cm³/mol. The van der Waals surface area contributed by atoms with Gasteiger partial charge in [-0.3, -0.25) is 9.78 Å². The van der Waals surface area contributed by atoms with E-state index >= 15 is 0 Å². The summed E-state index contributed by atoms with van der Waals surface area (Å²) in [7, 11) is 0. The topological polar surface area (TPSA) is 59.8 Å². The fraction of sp³-hybridized carbons (Fsp3) is 0.136. The summed E-state index contributed by atoms with van der Waals surface area (Å²) in [5.41, 5.74) is 3.61. The van der Waals surface area contributed by atoms with E-state index in [1.165, 1.54) is 0 Å². The summed E-state index contributed by atoms with van der Waals surface area (Å²) in [5, 5.41) is 9.04. The SMILES string of the molecule is CC(C)c1c(C(=O)Nc2cccc3cccnc23)cnn1-c1cccc(Cl)c1. The summed E-state index contributed by atoms with van der Waals surface area (Å²) in [4.78, 5) is 17.5. The first-order valence-electron chi connectivity index (χ1n) is 9.03. The smallest absolute Gasteiger partial charge is 0.259 e. The third kappa shape index (κ3) is 3.37. The Hall–Kier alpha value is -3.18. The van der Waals surface area contributed by atoms with Gasteiger partial charge in [0.05, 0.1) is 34.3 Å². The highest BCUT2D eigenvalue weighted by atomic mass is 35.5. The highest BCUT2D eigenvalue weighted by Crippen LogP contribution is 2.26. The molecule has 2 aromatic heterocycles. The van der Waals surface area contributed by atoms with Crippen LogP contribution in [0.3, 0.4) is 0 Å². The number of aromatic nitrogens is 3. The first-order valence-corrected chi connectivity index (χ1v) is 9.41. The van der Waals surface area contributed by atoms with Crippen molar-refractivity contribution in [2.24, 2.45) is 0 Å². The van der Waals surface area contributed by atoms with Crippen LogP contribution in [0.15, 0.2) is 67.0 Å². The Morgan fingerprint density at radius 2 is 1.89 bits per heavy atom. The zero-order valence-electron chi connectivity index (χ0n) is 15.6. The molecule has 0 radical (unpaired) electrons. The fourth-order valence-electron chi connectivity index (χ4n) is 3.30. The van der Waals surface area contributed by atoms with E-state index in [9.17, 15) is 4.79 Å². The van der Waals surface area contributed by atoms with Crippen LogP contribution >= 0.6 is 11.6 Å². The minimum absolute atomic E-state index is 0.0906. The van der Waals surface area contributed by atoms with Crippen LogP contribution in [-0.2, 0) is 0 Å². The first kappa shape index (κ1) is 18.2. The van der Waals surface area contributed by atoms with E-state index in [2.05, 4.69) is 15.4 Å². The van der Waals surface area contributed by atoms with Crippen molar-refractivity contribution in [3.63, 3.8) is 0 Å². The molecule has 2 heterocycles. The van der Waals surface area contributed by atoms with Crippen LogP contribution in [0.25, 0.3) is 16.6 Å². The summed E-state index contributed by atoms with van der Waals surface area (Å²) < 4.78 is 1.77. The number of fused-ring (bicyclic) bond motifs is 1. The monoisotopic (exact) mass is 390 g/mol. The number of para-hydroxylation sites is 1. The molecule has 2 aromatic carbocycles. The molecule has 6 heteroatoms. The van der Waals surface area contributed by atoms with Gasteiger partial charge in [0, 0.05) is 16.6 Å². The maximum absolute atomic E-state index is 13.1. The summed E-state index contributed by atoms with van der Waals surface area (Å²) in [6.45, 7) is 4.07. The van der Waals surface area contributed by atoms with Crippen molar-refractivity contribution >= 4 is 34.1 Å². The van der Waals surface area contributed by atoms with Crippen molar-refractivity contribution in [1.29, 1.82) is 0 Å². The number of benzene rings is 2. The molecule has 5 nitrogen and oxygen atoms in total. The third-order valence-electron chi connectivity index (χ3n) is 4.53. The molecule has 0 fully saturated rings. The lowest BCUT2D eigenvalue weighted by Crippen LogP contribution is -2.15. The van der Waals surface area contributed by atoms with Crippen molar-refractivity contribution in [3.05, 3.63) is 83.3 Å². The number of halogens is 1. The molecule has 4 rings (SSSR count). The molecule has 0 aliphatic heterocycles. The molecule has 1 amide bonds. The zero-order chi connectivity index (χ0) is 19.7. The Labute approximate surface area is 168 Å². The molecule has 0 aliphatic carbocycles. The van der Waals surface area contributed by atoms with Crippen LogP contribution in [0, 0.1) is 0 Å². The Kier molecular flexibility index (Phi) is 4.84.